The second kappa shape index (κ2) is 12.3. The molecule has 12 rings (SSSR count). The summed E-state index contributed by atoms with van der Waals surface area (Å²) in [6.45, 7) is 0. The van der Waals surface area contributed by atoms with E-state index in [1.165, 1.54) is 22.3 Å². The second-order valence-corrected chi connectivity index (χ2v) is 14.8. The van der Waals surface area contributed by atoms with Gasteiger partial charge in [-0.15, -0.1) is 0 Å². The number of ether oxygens (including phenoxy) is 1. The van der Waals surface area contributed by atoms with Gasteiger partial charge < -0.3 is 14.5 Å². The molecule has 2 aliphatic heterocycles. The molecule has 5 heteroatoms. The predicted molar refractivity (Wildman–Crippen MR) is 228 cm³/mol. The minimum Gasteiger partial charge on any atom is -0.457 e. The number of aliphatic imine (C=N–C) groups is 2. The van der Waals surface area contributed by atoms with Crippen molar-refractivity contribution in [3.63, 3.8) is 0 Å². The van der Waals surface area contributed by atoms with Crippen LogP contribution >= 0.6 is 0 Å². The highest BCUT2D eigenvalue weighted by molar-refractivity contribution is 6.15. The normalized spacial score (nSPS) is 15.8. The number of benzene rings is 8. The van der Waals surface area contributed by atoms with E-state index in [1.807, 2.05) is 18.2 Å². The molecule has 3 aliphatic rings. The fourth-order valence-electron chi connectivity index (χ4n) is 9.41. The molecule has 1 aliphatic carbocycles. The van der Waals surface area contributed by atoms with E-state index in [0.717, 1.165) is 78.2 Å². The van der Waals surface area contributed by atoms with Gasteiger partial charge in [0.1, 0.15) is 34.7 Å². The van der Waals surface area contributed by atoms with Crippen LogP contribution in [0.2, 0.25) is 0 Å². The zero-order chi connectivity index (χ0) is 37.5. The lowest BCUT2D eigenvalue weighted by molar-refractivity contribution is 0.436. The maximum Gasteiger partial charge on any atom is 0.159 e. The largest absolute Gasteiger partial charge is 0.457 e. The van der Waals surface area contributed by atoms with Gasteiger partial charge in [0.25, 0.3) is 0 Å². The van der Waals surface area contributed by atoms with Crippen molar-refractivity contribution in [3.8, 4) is 33.8 Å². The van der Waals surface area contributed by atoms with Gasteiger partial charge >= 0.3 is 0 Å². The van der Waals surface area contributed by atoms with E-state index in [2.05, 4.69) is 175 Å². The predicted octanol–water partition coefficient (Wildman–Crippen LogP) is 12.2. The van der Waals surface area contributed by atoms with Crippen molar-refractivity contribution in [3.05, 3.63) is 227 Å². The first kappa shape index (κ1) is 31.8. The third-order valence-electron chi connectivity index (χ3n) is 11.8. The van der Waals surface area contributed by atoms with Crippen LogP contribution in [-0.4, -0.2) is 11.7 Å². The molecule has 268 valence electrons. The van der Waals surface area contributed by atoms with E-state index in [4.69, 9.17) is 19.1 Å². The first-order valence-corrected chi connectivity index (χ1v) is 19.4. The van der Waals surface area contributed by atoms with Crippen LogP contribution in [0.3, 0.4) is 0 Å². The standard InChI is InChI=1S/C52H33N3O2/c1-2-14-33(15-3-1)49-53-50(34-30-28-32(29-31-34)35-19-12-20-39-38-18-6-10-25-44(38)57-48(35)39)55-51(54-49)40-21-13-27-46-47(40)52(43-24-9-11-26-45(43)56-46)41-22-7-4-16-36(41)37-17-5-8-23-42(37)52/h1-31,49H,(H,53,54,55). The summed E-state index contributed by atoms with van der Waals surface area (Å²) in [5.41, 5.74) is 13.3. The van der Waals surface area contributed by atoms with Gasteiger partial charge in [-0.1, -0.05) is 170 Å². The van der Waals surface area contributed by atoms with Gasteiger partial charge in [0.05, 0.1) is 5.41 Å². The summed E-state index contributed by atoms with van der Waals surface area (Å²) in [6, 6.07) is 65.9. The molecule has 0 fully saturated rings. The number of furan rings is 1. The lowest BCUT2D eigenvalue weighted by Crippen LogP contribution is -2.38. The number of nitrogens with one attached hydrogen (secondary N) is 1. The van der Waals surface area contributed by atoms with Crippen LogP contribution in [0.25, 0.3) is 44.2 Å². The molecule has 8 aromatic carbocycles. The number of hydrogen-bond acceptors (Lipinski definition) is 5. The highest BCUT2D eigenvalue weighted by Gasteiger charge is 2.52. The number of rotatable bonds is 4. The third kappa shape index (κ3) is 4.63. The Balaban J connectivity index is 1.04. The Kier molecular flexibility index (Phi) is 6.84. The smallest absolute Gasteiger partial charge is 0.159 e. The lowest BCUT2D eigenvalue weighted by atomic mass is 9.64. The average Bonchev–Trinajstić information content (AvgIpc) is 3.81. The fourth-order valence-corrected chi connectivity index (χ4v) is 9.41. The molecule has 0 radical (unpaired) electrons. The molecule has 1 aromatic heterocycles. The molecule has 0 amide bonds. The monoisotopic (exact) mass is 731 g/mol. The van der Waals surface area contributed by atoms with Crippen molar-refractivity contribution in [2.45, 2.75) is 11.6 Å². The van der Waals surface area contributed by atoms with Gasteiger partial charge in [-0.25, -0.2) is 9.98 Å². The quantitative estimate of drug-likeness (QED) is 0.196. The van der Waals surface area contributed by atoms with E-state index in [0.29, 0.717) is 5.84 Å². The van der Waals surface area contributed by atoms with E-state index in [-0.39, 0.29) is 6.17 Å². The minimum absolute atomic E-state index is 0.371. The molecule has 1 unspecified atom stereocenters. The molecule has 9 aromatic rings. The summed E-state index contributed by atoms with van der Waals surface area (Å²) < 4.78 is 13.2. The summed E-state index contributed by atoms with van der Waals surface area (Å²) in [4.78, 5) is 10.6. The fraction of sp³-hybridized carbons (Fsp3) is 0.0385. The first-order valence-electron chi connectivity index (χ1n) is 19.4. The zero-order valence-electron chi connectivity index (χ0n) is 30.7. The molecule has 1 spiro atoms. The second-order valence-electron chi connectivity index (χ2n) is 14.8. The Bertz CT molecular complexity index is 3090. The molecule has 0 saturated heterocycles. The van der Waals surface area contributed by atoms with Crippen LogP contribution in [0, 0.1) is 0 Å². The molecule has 3 heterocycles. The number of fused-ring (bicyclic) bond motifs is 12. The molecule has 0 bridgehead atoms. The molecular weight excluding hydrogens is 699 g/mol. The molecule has 5 nitrogen and oxygen atoms in total. The number of amidine groups is 2. The van der Waals surface area contributed by atoms with Crippen molar-refractivity contribution >= 4 is 33.6 Å². The van der Waals surface area contributed by atoms with Crippen molar-refractivity contribution < 1.29 is 9.15 Å². The molecule has 0 saturated carbocycles. The molecule has 1 N–H and O–H groups in total. The zero-order valence-corrected chi connectivity index (χ0v) is 30.7. The number of para-hydroxylation sites is 3. The maximum absolute atomic E-state index is 6.83. The highest BCUT2D eigenvalue weighted by Crippen LogP contribution is 2.62. The minimum atomic E-state index is -0.644. The Hall–Kier alpha value is -7.50. The molecule has 57 heavy (non-hydrogen) atoms. The average molecular weight is 732 g/mol. The molecule has 1 atom stereocenters. The Labute approximate surface area is 329 Å². The van der Waals surface area contributed by atoms with Gasteiger partial charge in [-0.3, -0.25) is 0 Å². The first-order chi connectivity index (χ1) is 28.3. The summed E-state index contributed by atoms with van der Waals surface area (Å²) >= 11 is 0. The van der Waals surface area contributed by atoms with Gasteiger partial charge in [0, 0.05) is 38.6 Å². The summed E-state index contributed by atoms with van der Waals surface area (Å²) in [5, 5.41) is 6.01. The Morgan fingerprint density at radius 3 is 1.88 bits per heavy atom. The van der Waals surface area contributed by atoms with Gasteiger partial charge in [0.2, 0.25) is 0 Å². The van der Waals surface area contributed by atoms with E-state index in [1.54, 1.807) is 0 Å². The van der Waals surface area contributed by atoms with E-state index < -0.39 is 5.41 Å². The number of hydrogen-bond donors (Lipinski definition) is 1. The topological polar surface area (TPSA) is 59.1 Å². The Morgan fingerprint density at radius 2 is 1.07 bits per heavy atom. The van der Waals surface area contributed by atoms with Crippen molar-refractivity contribution in [2.75, 3.05) is 0 Å². The third-order valence-corrected chi connectivity index (χ3v) is 11.8. The van der Waals surface area contributed by atoms with Crippen LogP contribution in [0.1, 0.15) is 45.1 Å². The van der Waals surface area contributed by atoms with Gasteiger partial charge in [-0.2, -0.15) is 0 Å². The summed E-state index contributed by atoms with van der Waals surface area (Å²) in [7, 11) is 0. The SMILES string of the molecule is c1ccc(C2N=C(c3ccc(-c4cccc5c4oc4ccccc45)cc3)N=C(c3cccc4c3C3(c5ccccc5O4)c4ccccc4-c4ccccc43)N2)cc1. The highest BCUT2D eigenvalue weighted by atomic mass is 16.5. The van der Waals surface area contributed by atoms with Crippen LogP contribution in [0.4, 0.5) is 0 Å². The van der Waals surface area contributed by atoms with Gasteiger partial charge in [0.15, 0.2) is 5.84 Å². The number of nitrogens with zero attached hydrogens (tertiary/aromatic N) is 2. The van der Waals surface area contributed by atoms with Crippen LogP contribution in [0.15, 0.2) is 202 Å². The van der Waals surface area contributed by atoms with Crippen molar-refractivity contribution in [1.82, 2.24) is 5.32 Å². The van der Waals surface area contributed by atoms with Crippen molar-refractivity contribution in [1.29, 1.82) is 0 Å². The summed E-state index contributed by atoms with van der Waals surface area (Å²) in [6.07, 6.45) is -0.371. The van der Waals surface area contributed by atoms with Gasteiger partial charge in [-0.05, 0) is 51.6 Å². The van der Waals surface area contributed by atoms with Crippen molar-refractivity contribution in [2.24, 2.45) is 9.98 Å². The van der Waals surface area contributed by atoms with Crippen LogP contribution < -0.4 is 10.1 Å². The van der Waals surface area contributed by atoms with E-state index >= 15 is 0 Å². The maximum atomic E-state index is 6.83. The lowest BCUT2D eigenvalue weighted by Gasteiger charge is -2.41. The van der Waals surface area contributed by atoms with Crippen LogP contribution in [-0.2, 0) is 5.41 Å². The summed E-state index contributed by atoms with van der Waals surface area (Å²) in [5.74, 6) is 3.06. The van der Waals surface area contributed by atoms with E-state index in [9.17, 15) is 0 Å². The van der Waals surface area contributed by atoms with Crippen LogP contribution in [0.5, 0.6) is 11.5 Å². The Morgan fingerprint density at radius 1 is 0.474 bits per heavy atom. The molecular formula is C52H33N3O2.